The summed E-state index contributed by atoms with van der Waals surface area (Å²) in [5.41, 5.74) is 1.72. The van der Waals surface area contributed by atoms with Crippen LogP contribution < -0.4 is 4.74 Å². The number of aromatic nitrogens is 1. The number of hydrogen-bond donors (Lipinski definition) is 0. The Hall–Kier alpha value is -1.59. The van der Waals surface area contributed by atoms with E-state index in [0.29, 0.717) is 17.5 Å². The molecular formula is C14H14ClNO3S. The average molecular weight is 312 g/mol. The summed E-state index contributed by atoms with van der Waals surface area (Å²) in [6.45, 7) is 1.84. The van der Waals surface area contributed by atoms with Crippen molar-refractivity contribution in [2.75, 3.05) is 6.26 Å². The zero-order chi connectivity index (χ0) is 14.8. The molecule has 0 bridgehead atoms. The minimum atomic E-state index is -3.25. The highest BCUT2D eigenvalue weighted by atomic mass is 35.5. The largest absolute Gasteiger partial charge is 0.439 e. The SMILES string of the molecule is Cc1nc(Oc2cccc(S(C)(=O)=O)c2)ccc1CCl. The number of benzene rings is 1. The van der Waals surface area contributed by atoms with Crippen LogP contribution in [-0.4, -0.2) is 19.7 Å². The summed E-state index contributed by atoms with van der Waals surface area (Å²) < 4.78 is 28.6. The molecule has 2 aromatic rings. The lowest BCUT2D eigenvalue weighted by molar-refractivity contribution is 0.459. The van der Waals surface area contributed by atoms with Crippen molar-refractivity contribution in [2.45, 2.75) is 17.7 Å². The van der Waals surface area contributed by atoms with Crippen LogP contribution in [-0.2, 0) is 15.7 Å². The van der Waals surface area contributed by atoms with E-state index in [0.717, 1.165) is 17.5 Å². The topological polar surface area (TPSA) is 56.3 Å². The predicted molar refractivity (Wildman–Crippen MR) is 78.2 cm³/mol. The smallest absolute Gasteiger partial charge is 0.219 e. The zero-order valence-electron chi connectivity index (χ0n) is 11.1. The molecule has 6 heteroatoms. The lowest BCUT2D eigenvalue weighted by Crippen LogP contribution is -1.98. The molecule has 4 nitrogen and oxygen atoms in total. The molecular weight excluding hydrogens is 298 g/mol. The number of aryl methyl sites for hydroxylation is 1. The maximum absolute atomic E-state index is 11.5. The maximum Gasteiger partial charge on any atom is 0.219 e. The highest BCUT2D eigenvalue weighted by molar-refractivity contribution is 7.90. The van der Waals surface area contributed by atoms with Gasteiger partial charge in [0.25, 0.3) is 0 Å². The van der Waals surface area contributed by atoms with Crippen LogP contribution >= 0.6 is 11.6 Å². The summed E-state index contributed by atoms with van der Waals surface area (Å²) in [4.78, 5) is 4.49. The molecule has 0 radical (unpaired) electrons. The molecule has 1 aromatic carbocycles. The molecule has 0 saturated carbocycles. The van der Waals surface area contributed by atoms with Crippen molar-refractivity contribution in [3.05, 3.63) is 47.7 Å². The van der Waals surface area contributed by atoms with Crippen LogP contribution in [0.25, 0.3) is 0 Å². The molecule has 0 saturated heterocycles. The van der Waals surface area contributed by atoms with E-state index in [4.69, 9.17) is 16.3 Å². The second-order valence-corrected chi connectivity index (χ2v) is 6.66. The fourth-order valence-corrected chi connectivity index (χ4v) is 2.59. The van der Waals surface area contributed by atoms with E-state index in [2.05, 4.69) is 4.98 Å². The van der Waals surface area contributed by atoms with E-state index in [-0.39, 0.29) is 4.90 Å². The summed E-state index contributed by atoms with van der Waals surface area (Å²) >= 11 is 5.77. The van der Waals surface area contributed by atoms with E-state index in [1.807, 2.05) is 13.0 Å². The van der Waals surface area contributed by atoms with Crippen molar-refractivity contribution >= 4 is 21.4 Å². The van der Waals surface area contributed by atoms with E-state index in [1.54, 1.807) is 18.2 Å². The van der Waals surface area contributed by atoms with E-state index < -0.39 is 9.84 Å². The summed E-state index contributed by atoms with van der Waals surface area (Å²) in [6.07, 6.45) is 1.16. The lowest BCUT2D eigenvalue weighted by atomic mass is 10.2. The maximum atomic E-state index is 11.5. The van der Waals surface area contributed by atoms with Crippen LogP contribution in [0.15, 0.2) is 41.3 Å². The number of halogens is 1. The van der Waals surface area contributed by atoms with Gasteiger partial charge in [-0.05, 0) is 30.7 Å². The van der Waals surface area contributed by atoms with Gasteiger partial charge in [-0.1, -0.05) is 12.1 Å². The molecule has 0 aliphatic heterocycles. The van der Waals surface area contributed by atoms with Crippen molar-refractivity contribution in [3.63, 3.8) is 0 Å². The first-order chi connectivity index (χ1) is 9.40. The third-order valence-electron chi connectivity index (χ3n) is 2.77. The number of sulfone groups is 1. The third kappa shape index (κ3) is 3.49. The van der Waals surface area contributed by atoms with Crippen LogP contribution in [0.3, 0.4) is 0 Å². The Bertz CT molecular complexity index is 729. The molecule has 0 aliphatic rings. The van der Waals surface area contributed by atoms with Gasteiger partial charge in [0.1, 0.15) is 5.75 Å². The molecule has 106 valence electrons. The standard InChI is InChI=1S/C14H14ClNO3S/c1-10-11(9-15)6-7-14(16-10)19-12-4-3-5-13(8-12)20(2,17)18/h3-8H,9H2,1-2H3. The van der Waals surface area contributed by atoms with Gasteiger partial charge in [0.2, 0.25) is 5.88 Å². The molecule has 20 heavy (non-hydrogen) atoms. The molecule has 0 unspecified atom stereocenters. The zero-order valence-corrected chi connectivity index (χ0v) is 12.7. The number of hydrogen-bond acceptors (Lipinski definition) is 4. The minimum absolute atomic E-state index is 0.212. The van der Waals surface area contributed by atoms with Gasteiger partial charge in [0.05, 0.1) is 4.90 Å². The van der Waals surface area contributed by atoms with Crippen LogP contribution in [0.2, 0.25) is 0 Å². The van der Waals surface area contributed by atoms with Gasteiger partial charge in [-0.3, -0.25) is 0 Å². The average Bonchev–Trinajstić information content (AvgIpc) is 2.38. The Labute approximate surface area is 123 Å². The second-order valence-electron chi connectivity index (χ2n) is 4.38. The molecule has 0 atom stereocenters. The predicted octanol–water partition coefficient (Wildman–Crippen LogP) is 3.32. The second kappa shape index (κ2) is 5.81. The van der Waals surface area contributed by atoms with Crippen LogP contribution in [0, 0.1) is 6.92 Å². The van der Waals surface area contributed by atoms with Crippen molar-refractivity contribution in [1.29, 1.82) is 0 Å². The van der Waals surface area contributed by atoms with Gasteiger partial charge in [-0.2, -0.15) is 0 Å². The summed E-state index contributed by atoms with van der Waals surface area (Å²) in [7, 11) is -3.25. The molecule has 0 spiro atoms. The van der Waals surface area contributed by atoms with E-state index >= 15 is 0 Å². The van der Waals surface area contributed by atoms with Crippen LogP contribution in [0.4, 0.5) is 0 Å². The fourth-order valence-electron chi connectivity index (χ4n) is 1.65. The number of alkyl halides is 1. The molecule has 0 amide bonds. The number of ether oxygens (including phenoxy) is 1. The lowest BCUT2D eigenvalue weighted by Gasteiger charge is -2.08. The fraction of sp³-hybridized carbons (Fsp3) is 0.214. The highest BCUT2D eigenvalue weighted by Gasteiger charge is 2.09. The summed E-state index contributed by atoms with van der Waals surface area (Å²) in [5, 5.41) is 0. The highest BCUT2D eigenvalue weighted by Crippen LogP contribution is 2.23. The van der Waals surface area contributed by atoms with Crippen molar-refractivity contribution in [3.8, 4) is 11.6 Å². The molecule has 0 fully saturated rings. The third-order valence-corrected chi connectivity index (χ3v) is 4.17. The number of nitrogens with zero attached hydrogens (tertiary/aromatic N) is 1. The van der Waals surface area contributed by atoms with Crippen molar-refractivity contribution < 1.29 is 13.2 Å². The Kier molecular flexibility index (Phi) is 4.30. The van der Waals surface area contributed by atoms with Gasteiger partial charge in [0.15, 0.2) is 9.84 Å². The number of rotatable bonds is 4. The van der Waals surface area contributed by atoms with E-state index in [9.17, 15) is 8.42 Å². The van der Waals surface area contributed by atoms with Gasteiger partial charge in [-0.25, -0.2) is 13.4 Å². The van der Waals surface area contributed by atoms with Crippen LogP contribution in [0.1, 0.15) is 11.3 Å². The van der Waals surface area contributed by atoms with E-state index in [1.165, 1.54) is 12.1 Å². The Morgan fingerprint density at radius 3 is 2.60 bits per heavy atom. The van der Waals surface area contributed by atoms with Gasteiger partial charge in [-0.15, -0.1) is 11.6 Å². The Morgan fingerprint density at radius 1 is 1.25 bits per heavy atom. The summed E-state index contributed by atoms with van der Waals surface area (Å²) in [6, 6.07) is 9.86. The Balaban J connectivity index is 2.29. The molecule has 0 aliphatic carbocycles. The molecule has 1 heterocycles. The quantitative estimate of drug-likeness (QED) is 0.813. The first-order valence-corrected chi connectivity index (χ1v) is 8.33. The number of pyridine rings is 1. The normalized spacial score (nSPS) is 11.3. The Morgan fingerprint density at radius 2 is 2.00 bits per heavy atom. The monoisotopic (exact) mass is 311 g/mol. The van der Waals surface area contributed by atoms with Gasteiger partial charge >= 0.3 is 0 Å². The molecule has 2 rings (SSSR count). The van der Waals surface area contributed by atoms with Crippen LogP contribution in [0.5, 0.6) is 11.6 Å². The first kappa shape index (κ1) is 14.8. The van der Waals surface area contributed by atoms with Gasteiger partial charge in [0, 0.05) is 23.9 Å². The molecule has 1 aromatic heterocycles. The molecule has 0 N–H and O–H groups in total. The first-order valence-electron chi connectivity index (χ1n) is 5.90. The summed E-state index contributed by atoms with van der Waals surface area (Å²) in [5.74, 6) is 1.23. The minimum Gasteiger partial charge on any atom is -0.439 e. The van der Waals surface area contributed by atoms with Gasteiger partial charge < -0.3 is 4.74 Å². The van der Waals surface area contributed by atoms with Crippen molar-refractivity contribution in [2.24, 2.45) is 0 Å². The van der Waals surface area contributed by atoms with Crippen molar-refractivity contribution in [1.82, 2.24) is 4.98 Å².